The second kappa shape index (κ2) is 6.25. The Morgan fingerprint density at radius 3 is 2.76 bits per heavy atom. The van der Waals surface area contributed by atoms with Crippen LogP contribution in [0.15, 0.2) is 22.1 Å². The molecule has 0 aliphatic heterocycles. The lowest BCUT2D eigenvalue weighted by molar-refractivity contribution is 0.0564. The van der Waals surface area contributed by atoms with E-state index in [1.807, 2.05) is 13.1 Å². The van der Waals surface area contributed by atoms with Crippen LogP contribution in [0.4, 0.5) is 0 Å². The summed E-state index contributed by atoms with van der Waals surface area (Å²) in [6.07, 6.45) is 1.95. The zero-order valence-corrected chi connectivity index (χ0v) is 10.7. The average molecular weight is 237 g/mol. The summed E-state index contributed by atoms with van der Waals surface area (Å²) in [4.78, 5) is 11.2. The van der Waals surface area contributed by atoms with Crippen molar-refractivity contribution >= 4 is 12.0 Å². The minimum Gasteiger partial charge on any atom is -0.463 e. The summed E-state index contributed by atoms with van der Waals surface area (Å²) < 4.78 is 9.97. The van der Waals surface area contributed by atoms with Gasteiger partial charge in [-0.1, -0.05) is 19.4 Å². The van der Waals surface area contributed by atoms with E-state index in [1.54, 1.807) is 12.1 Å². The van der Waals surface area contributed by atoms with E-state index in [-0.39, 0.29) is 5.76 Å². The molecule has 1 aromatic rings. The second-order valence-electron chi connectivity index (χ2n) is 4.10. The third-order valence-corrected chi connectivity index (χ3v) is 2.46. The minimum absolute atomic E-state index is 0.228. The van der Waals surface area contributed by atoms with Crippen molar-refractivity contribution in [1.82, 2.24) is 5.32 Å². The van der Waals surface area contributed by atoms with E-state index in [9.17, 15) is 4.79 Å². The van der Waals surface area contributed by atoms with Gasteiger partial charge in [-0.25, -0.2) is 4.79 Å². The molecule has 0 saturated heterocycles. The number of carbonyl (C=O) groups excluding carboxylic acids is 1. The first-order chi connectivity index (χ1) is 8.08. The molecule has 1 aromatic heterocycles. The molecule has 17 heavy (non-hydrogen) atoms. The molecule has 0 aromatic carbocycles. The van der Waals surface area contributed by atoms with Gasteiger partial charge in [0.15, 0.2) is 0 Å². The van der Waals surface area contributed by atoms with Gasteiger partial charge in [0.25, 0.3) is 0 Å². The van der Waals surface area contributed by atoms with Gasteiger partial charge < -0.3 is 14.5 Å². The Hall–Kier alpha value is -1.55. The molecule has 0 atom stereocenters. The topological polar surface area (TPSA) is 51.5 Å². The van der Waals surface area contributed by atoms with Gasteiger partial charge in [0.05, 0.1) is 7.11 Å². The van der Waals surface area contributed by atoms with Crippen LogP contribution in [0, 0.1) is 5.92 Å². The van der Waals surface area contributed by atoms with Crippen LogP contribution in [0.25, 0.3) is 6.08 Å². The summed E-state index contributed by atoms with van der Waals surface area (Å²) in [7, 11) is 3.24. The molecule has 4 nitrogen and oxygen atoms in total. The molecule has 1 heterocycles. The smallest absolute Gasteiger partial charge is 0.373 e. The maximum absolute atomic E-state index is 11.2. The number of ether oxygens (including phenoxy) is 1. The van der Waals surface area contributed by atoms with Crippen LogP contribution in [0.5, 0.6) is 0 Å². The van der Waals surface area contributed by atoms with E-state index in [0.717, 1.165) is 6.54 Å². The van der Waals surface area contributed by atoms with Crippen LogP contribution < -0.4 is 5.32 Å². The first-order valence-electron chi connectivity index (χ1n) is 5.61. The van der Waals surface area contributed by atoms with Crippen molar-refractivity contribution in [3.05, 3.63) is 29.2 Å². The molecule has 0 unspecified atom stereocenters. The number of rotatable bonds is 5. The number of carbonyl (C=O) groups is 1. The van der Waals surface area contributed by atoms with Gasteiger partial charge in [-0.15, -0.1) is 0 Å². The molecule has 0 fully saturated rings. The highest BCUT2D eigenvalue weighted by molar-refractivity contribution is 5.86. The summed E-state index contributed by atoms with van der Waals surface area (Å²) >= 11 is 0. The van der Waals surface area contributed by atoms with Crippen LogP contribution in [-0.4, -0.2) is 26.7 Å². The van der Waals surface area contributed by atoms with Gasteiger partial charge in [0.2, 0.25) is 5.76 Å². The lowest BCUT2D eigenvalue weighted by Gasteiger charge is -2.09. The maximum Gasteiger partial charge on any atom is 0.373 e. The Morgan fingerprint density at radius 1 is 1.53 bits per heavy atom. The molecular formula is C13H19NO3. The molecule has 0 spiro atoms. The van der Waals surface area contributed by atoms with E-state index in [2.05, 4.69) is 23.9 Å². The Kier molecular flexibility index (Phi) is 4.97. The largest absolute Gasteiger partial charge is 0.463 e. The highest BCUT2D eigenvalue weighted by atomic mass is 16.5. The predicted molar refractivity (Wildman–Crippen MR) is 66.8 cm³/mol. The lowest BCUT2D eigenvalue weighted by Crippen LogP contribution is -2.13. The van der Waals surface area contributed by atoms with Crippen molar-refractivity contribution < 1.29 is 13.9 Å². The summed E-state index contributed by atoms with van der Waals surface area (Å²) in [6, 6.07) is 3.39. The minimum atomic E-state index is -0.454. The summed E-state index contributed by atoms with van der Waals surface area (Å²) in [6.45, 7) is 5.03. The third-order valence-electron chi connectivity index (χ3n) is 2.46. The standard InChI is InChI=1S/C13H19NO3/c1-9(2)10(8-14-3)7-11-5-6-12(17-11)13(15)16-4/h5-7,9,14H,8H2,1-4H3. The summed E-state index contributed by atoms with van der Waals surface area (Å²) in [5.74, 6) is 0.870. The Balaban J connectivity index is 2.88. The van der Waals surface area contributed by atoms with E-state index in [4.69, 9.17) is 4.42 Å². The second-order valence-corrected chi connectivity index (χ2v) is 4.10. The molecule has 1 rings (SSSR count). The zero-order valence-electron chi connectivity index (χ0n) is 10.7. The summed E-state index contributed by atoms with van der Waals surface area (Å²) in [5.41, 5.74) is 1.22. The van der Waals surface area contributed by atoms with Crippen molar-refractivity contribution in [2.75, 3.05) is 20.7 Å². The molecule has 0 aliphatic carbocycles. The molecule has 0 aliphatic rings. The SMILES string of the molecule is CNCC(=Cc1ccc(C(=O)OC)o1)C(C)C. The molecule has 0 radical (unpaired) electrons. The Bertz CT molecular complexity index is 405. The fourth-order valence-electron chi connectivity index (χ4n) is 1.45. The summed E-state index contributed by atoms with van der Waals surface area (Å²) in [5, 5.41) is 3.11. The van der Waals surface area contributed by atoms with E-state index in [0.29, 0.717) is 11.7 Å². The van der Waals surface area contributed by atoms with Crippen molar-refractivity contribution in [1.29, 1.82) is 0 Å². The van der Waals surface area contributed by atoms with Gasteiger partial charge >= 0.3 is 5.97 Å². The molecular weight excluding hydrogens is 218 g/mol. The zero-order chi connectivity index (χ0) is 12.8. The number of hydrogen-bond donors (Lipinski definition) is 1. The van der Waals surface area contributed by atoms with Crippen LogP contribution in [0.2, 0.25) is 0 Å². The van der Waals surface area contributed by atoms with Crippen molar-refractivity contribution in [3.63, 3.8) is 0 Å². The van der Waals surface area contributed by atoms with Crippen LogP contribution in [0.1, 0.15) is 30.2 Å². The molecule has 0 bridgehead atoms. The first-order valence-corrected chi connectivity index (χ1v) is 5.61. The van der Waals surface area contributed by atoms with Gasteiger partial charge in [-0.2, -0.15) is 0 Å². The quantitative estimate of drug-likeness (QED) is 0.798. The van der Waals surface area contributed by atoms with Gasteiger partial charge in [-0.3, -0.25) is 0 Å². The van der Waals surface area contributed by atoms with Crippen molar-refractivity contribution in [2.45, 2.75) is 13.8 Å². The predicted octanol–water partition coefficient (Wildman–Crippen LogP) is 2.33. The lowest BCUT2D eigenvalue weighted by atomic mass is 10.0. The number of esters is 1. The number of furan rings is 1. The van der Waals surface area contributed by atoms with Crippen molar-refractivity contribution in [3.8, 4) is 0 Å². The number of nitrogens with one attached hydrogen (secondary N) is 1. The highest BCUT2D eigenvalue weighted by Crippen LogP contribution is 2.16. The Labute approximate surface area is 102 Å². The van der Waals surface area contributed by atoms with Crippen LogP contribution >= 0.6 is 0 Å². The monoisotopic (exact) mass is 237 g/mol. The molecule has 4 heteroatoms. The number of methoxy groups -OCH3 is 1. The average Bonchev–Trinajstić information content (AvgIpc) is 2.76. The fraction of sp³-hybridized carbons (Fsp3) is 0.462. The number of likely N-dealkylation sites (N-methyl/N-ethyl adjacent to an activating group) is 1. The van der Waals surface area contributed by atoms with Gasteiger partial charge in [0, 0.05) is 6.54 Å². The molecule has 1 N–H and O–H groups in total. The van der Waals surface area contributed by atoms with Gasteiger partial charge in [-0.05, 0) is 31.2 Å². The third kappa shape index (κ3) is 3.75. The van der Waals surface area contributed by atoms with Crippen LogP contribution in [-0.2, 0) is 4.74 Å². The van der Waals surface area contributed by atoms with E-state index >= 15 is 0 Å². The first kappa shape index (κ1) is 13.5. The normalized spacial score (nSPS) is 11.9. The maximum atomic E-state index is 11.2. The highest BCUT2D eigenvalue weighted by Gasteiger charge is 2.11. The Morgan fingerprint density at radius 2 is 2.24 bits per heavy atom. The molecule has 94 valence electrons. The van der Waals surface area contributed by atoms with Gasteiger partial charge in [0.1, 0.15) is 5.76 Å². The molecule has 0 amide bonds. The van der Waals surface area contributed by atoms with E-state index < -0.39 is 5.97 Å². The number of hydrogen-bond acceptors (Lipinski definition) is 4. The van der Waals surface area contributed by atoms with Crippen molar-refractivity contribution in [2.24, 2.45) is 5.92 Å². The van der Waals surface area contributed by atoms with Crippen LogP contribution in [0.3, 0.4) is 0 Å². The fourth-order valence-corrected chi connectivity index (χ4v) is 1.45. The van der Waals surface area contributed by atoms with E-state index in [1.165, 1.54) is 12.7 Å². The molecule has 0 saturated carbocycles.